The normalized spacial score (nSPS) is 26.7. The molecule has 1 aromatic rings. The van der Waals surface area contributed by atoms with Crippen LogP contribution in [-0.2, 0) is 14.3 Å². The van der Waals surface area contributed by atoms with E-state index in [0.29, 0.717) is 5.76 Å². The number of carbonyl (C=O) groups is 1. The first kappa shape index (κ1) is 12.6. The maximum Gasteiger partial charge on any atom is 0.236 e. The lowest BCUT2D eigenvalue weighted by atomic mass is 9.73. The molecule has 2 aliphatic carbocycles. The van der Waals surface area contributed by atoms with Crippen molar-refractivity contribution in [2.24, 2.45) is 11.8 Å². The molecule has 2 heterocycles. The Balaban J connectivity index is 1.88. The molecule has 2 aliphatic heterocycles. The van der Waals surface area contributed by atoms with Crippen molar-refractivity contribution >= 4 is 17.6 Å². The van der Waals surface area contributed by atoms with Gasteiger partial charge < -0.3 is 24.6 Å². The highest BCUT2D eigenvalue weighted by Gasteiger charge is 2.53. The number of fused-ring (bicyclic) bond motifs is 3. The van der Waals surface area contributed by atoms with E-state index in [-0.39, 0.29) is 30.1 Å². The molecule has 116 valence electrons. The van der Waals surface area contributed by atoms with E-state index in [1.165, 1.54) is 0 Å². The number of rotatable bonds is 1. The number of carbonyl (C=O) groups excluding carboxylic acids is 1. The smallest absolute Gasteiger partial charge is 0.236 e. The quantitative estimate of drug-likeness (QED) is 0.828. The molecule has 0 bridgehead atoms. The first-order valence-electron chi connectivity index (χ1n) is 7.34. The SMILES string of the molecule is COc1cccc2c1C=C1NC(=O)C3C(O)=C4OCOC4=C2C13. The predicted molar refractivity (Wildman–Crippen MR) is 79.7 cm³/mol. The van der Waals surface area contributed by atoms with Gasteiger partial charge in [-0.05, 0) is 17.7 Å². The van der Waals surface area contributed by atoms with Crippen LogP contribution in [0.1, 0.15) is 11.1 Å². The van der Waals surface area contributed by atoms with E-state index in [2.05, 4.69) is 5.32 Å². The van der Waals surface area contributed by atoms with Gasteiger partial charge in [0.1, 0.15) is 11.7 Å². The number of aliphatic hydroxyl groups is 1. The van der Waals surface area contributed by atoms with Crippen LogP contribution >= 0.6 is 0 Å². The molecule has 2 unspecified atom stereocenters. The first-order valence-corrected chi connectivity index (χ1v) is 7.34. The third-order valence-corrected chi connectivity index (χ3v) is 4.79. The summed E-state index contributed by atoms with van der Waals surface area (Å²) in [5.41, 5.74) is 3.44. The topological polar surface area (TPSA) is 77.0 Å². The molecule has 23 heavy (non-hydrogen) atoms. The fraction of sp³-hybridized carbons (Fsp3) is 0.235. The summed E-state index contributed by atoms with van der Waals surface area (Å²) in [5.74, 6) is 0.273. The molecule has 2 fully saturated rings. The molecular weight excluding hydrogens is 298 g/mol. The highest BCUT2D eigenvalue weighted by Crippen LogP contribution is 2.54. The van der Waals surface area contributed by atoms with E-state index in [1.807, 2.05) is 24.3 Å². The van der Waals surface area contributed by atoms with Gasteiger partial charge in [0, 0.05) is 22.8 Å². The van der Waals surface area contributed by atoms with Gasteiger partial charge in [-0.3, -0.25) is 4.79 Å². The zero-order valence-corrected chi connectivity index (χ0v) is 12.3. The number of nitrogens with one attached hydrogen (secondary N) is 1. The molecule has 2 N–H and O–H groups in total. The molecule has 0 spiro atoms. The van der Waals surface area contributed by atoms with Gasteiger partial charge >= 0.3 is 0 Å². The number of allylic oxidation sites excluding steroid dienone is 1. The van der Waals surface area contributed by atoms with Crippen molar-refractivity contribution in [3.05, 3.63) is 52.3 Å². The molecule has 6 heteroatoms. The van der Waals surface area contributed by atoms with Gasteiger partial charge in [0.25, 0.3) is 0 Å². The zero-order chi connectivity index (χ0) is 15.7. The number of methoxy groups -OCH3 is 1. The van der Waals surface area contributed by atoms with E-state index in [9.17, 15) is 9.90 Å². The number of benzene rings is 1. The summed E-state index contributed by atoms with van der Waals surface area (Å²) in [6.07, 6.45) is 1.91. The van der Waals surface area contributed by atoms with Gasteiger partial charge in [-0.25, -0.2) is 0 Å². The summed E-state index contributed by atoms with van der Waals surface area (Å²) in [6.45, 7) is 0.0393. The Bertz CT molecular complexity index is 864. The van der Waals surface area contributed by atoms with Crippen molar-refractivity contribution in [3.8, 4) is 5.75 Å². The van der Waals surface area contributed by atoms with Crippen LogP contribution in [0.2, 0.25) is 0 Å². The van der Waals surface area contributed by atoms with Crippen LogP contribution in [0.3, 0.4) is 0 Å². The summed E-state index contributed by atoms with van der Waals surface area (Å²) in [5, 5.41) is 13.3. The largest absolute Gasteiger partial charge is 0.507 e. The van der Waals surface area contributed by atoms with Crippen molar-refractivity contribution in [3.63, 3.8) is 0 Å². The number of hydrogen-bond acceptors (Lipinski definition) is 5. The Kier molecular flexibility index (Phi) is 2.25. The first-order chi connectivity index (χ1) is 11.2. The van der Waals surface area contributed by atoms with Crippen LogP contribution in [-0.4, -0.2) is 24.9 Å². The van der Waals surface area contributed by atoms with Crippen LogP contribution < -0.4 is 10.1 Å². The Hall–Kier alpha value is -2.89. The summed E-state index contributed by atoms with van der Waals surface area (Å²) >= 11 is 0. The fourth-order valence-electron chi connectivity index (χ4n) is 3.86. The fourth-order valence-corrected chi connectivity index (χ4v) is 3.86. The zero-order valence-electron chi connectivity index (χ0n) is 12.3. The summed E-state index contributed by atoms with van der Waals surface area (Å²) in [4.78, 5) is 12.4. The Morgan fingerprint density at radius 3 is 2.91 bits per heavy atom. The predicted octanol–water partition coefficient (Wildman–Crippen LogP) is 1.91. The molecule has 0 radical (unpaired) electrons. The summed E-state index contributed by atoms with van der Waals surface area (Å²) in [6, 6.07) is 5.74. The maximum absolute atomic E-state index is 12.4. The molecule has 6 nitrogen and oxygen atoms in total. The Morgan fingerprint density at radius 1 is 1.26 bits per heavy atom. The van der Waals surface area contributed by atoms with Crippen molar-refractivity contribution in [2.45, 2.75) is 0 Å². The van der Waals surface area contributed by atoms with Gasteiger partial charge in [0.15, 0.2) is 11.5 Å². The van der Waals surface area contributed by atoms with E-state index in [0.717, 1.165) is 28.1 Å². The summed E-state index contributed by atoms with van der Waals surface area (Å²) < 4.78 is 16.5. The van der Waals surface area contributed by atoms with Crippen molar-refractivity contribution in [1.82, 2.24) is 5.32 Å². The average molecular weight is 311 g/mol. The van der Waals surface area contributed by atoms with Gasteiger partial charge in [0.2, 0.25) is 18.5 Å². The minimum atomic E-state index is -0.670. The standard InChI is InChI=1S/C17H13NO5/c1-21-10-4-2-3-7-8(10)5-9-12-11(7)15-16(23-6-22-15)14(19)13(12)17(20)18-9/h2-5,12-13,19H,6H2,1H3,(H,18,20). The molecule has 1 amide bonds. The molecule has 5 rings (SSSR count). The second-order valence-corrected chi connectivity index (χ2v) is 5.83. The van der Waals surface area contributed by atoms with Crippen molar-refractivity contribution in [2.75, 3.05) is 13.9 Å². The molecule has 4 aliphatic rings. The summed E-state index contributed by atoms with van der Waals surface area (Å²) in [7, 11) is 1.61. The lowest BCUT2D eigenvalue weighted by molar-refractivity contribution is -0.122. The van der Waals surface area contributed by atoms with Crippen LogP contribution in [0.25, 0.3) is 11.6 Å². The minimum absolute atomic E-state index is 0.0393. The second kappa shape index (κ2) is 4.10. The molecule has 2 atom stereocenters. The maximum atomic E-state index is 12.4. The van der Waals surface area contributed by atoms with Gasteiger partial charge in [0.05, 0.1) is 7.11 Å². The molecule has 1 aromatic carbocycles. The number of hydrogen-bond donors (Lipinski definition) is 2. The number of aliphatic hydroxyl groups excluding tert-OH is 1. The molecule has 2 saturated heterocycles. The molecular formula is C17H13NO5. The van der Waals surface area contributed by atoms with E-state index < -0.39 is 5.92 Å². The third kappa shape index (κ3) is 1.40. The van der Waals surface area contributed by atoms with Gasteiger partial charge in [-0.1, -0.05) is 12.1 Å². The van der Waals surface area contributed by atoms with Crippen LogP contribution in [0.15, 0.2) is 41.2 Å². The Morgan fingerprint density at radius 2 is 2.09 bits per heavy atom. The van der Waals surface area contributed by atoms with Crippen molar-refractivity contribution in [1.29, 1.82) is 0 Å². The van der Waals surface area contributed by atoms with Crippen LogP contribution in [0.5, 0.6) is 5.75 Å². The molecule has 0 aromatic heterocycles. The van der Waals surface area contributed by atoms with E-state index >= 15 is 0 Å². The average Bonchev–Trinajstić information content (AvgIpc) is 3.15. The lowest BCUT2D eigenvalue weighted by Crippen LogP contribution is -2.27. The Labute approximate surface area is 131 Å². The van der Waals surface area contributed by atoms with E-state index in [1.54, 1.807) is 7.11 Å². The highest BCUT2D eigenvalue weighted by molar-refractivity contribution is 5.99. The number of amides is 1. The van der Waals surface area contributed by atoms with Crippen LogP contribution in [0.4, 0.5) is 0 Å². The number of ether oxygens (including phenoxy) is 3. The van der Waals surface area contributed by atoms with Gasteiger partial charge in [-0.2, -0.15) is 0 Å². The van der Waals surface area contributed by atoms with Gasteiger partial charge in [-0.15, -0.1) is 0 Å². The third-order valence-electron chi connectivity index (χ3n) is 4.79. The lowest BCUT2D eigenvalue weighted by Gasteiger charge is -2.30. The molecule has 0 saturated carbocycles. The highest BCUT2D eigenvalue weighted by atomic mass is 16.7. The van der Waals surface area contributed by atoms with Crippen LogP contribution in [0, 0.1) is 11.8 Å². The minimum Gasteiger partial charge on any atom is -0.507 e. The second-order valence-electron chi connectivity index (χ2n) is 5.83. The monoisotopic (exact) mass is 311 g/mol. The van der Waals surface area contributed by atoms with Crippen molar-refractivity contribution < 1.29 is 24.1 Å². The van der Waals surface area contributed by atoms with E-state index in [4.69, 9.17) is 14.2 Å².